The normalized spacial score (nSPS) is 17.2. The van der Waals surface area contributed by atoms with Crippen LogP contribution in [0.15, 0.2) is 60.2 Å². The topological polar surface area (TPSA) is 117 Å². The second kappa shape index (κ2) is 12.5. The molecule has 1 aromatic heterocycles. The lowest BCUT2D eigenvalue weighted by molar-refractivity contribution is -0.132. The number of methoxy groups -OCH3 is 1. The van der Waals surface area contributed by atoms with Crippen LogP contribution in [-0.4, -0.2) is 55.3 Å². The lowest BCUT2D eigenvalue weighted by Gasteiger charge is -2.24. The number of ether oxygens (including phenoxy) is 5. The number of ketones is 1. The van der Waals surface area contributed by atoms with E-state index in [0.717, 1.165) is 17.5 Å². The van der Waals surface area contributed by atoms with Gasteiger partial charge in [0.1, 0.15) is 24.7 Å². The van der Waals surface area contributed by atoms with Crippen LogP contribution in [-0.2, 0) is 9.59 Å². The van der Waals surface area contributed by atoms with Crippen molar-refractivity contribution in [2.24, 2.45) is 0 Å². The van der Waals surface area contributed by atoms with Crippen molar-refractivity contribution in [2.45, 2.75) is 32.7 Å². The molecule has 1 fully saturated rings. The van der Waals surface area contributed by atoms with E-state index in [2.05, 4.69) is 6.92 Å². The number of benzene rings is 3. The lowest BCUT2D eigenvalue weighted by atomic mass is 9.95. The van der Waals surface area contributed by atoms with Gasteiger partial charge >= 0.3 is 5.91 Å². The molecule has 6 rings (SSSR count). The van der Waals surface area contributed by atoms with Gasteiger partial charge in [-0.1, -0.05) is 30.7 Å². The average molecular weight is 617 g/mol. The Kier molecular flexibility index (Phi) is 8.30. The van der Waals surface area contributed by atoms with Gasteiger partial charge < -0.3 is 28.8 Å². The number of rotatable bonds is 10. The second-order valence-corrected chi connectivity index (χ2v) is 11.2. The van der Waals surface area contributed by atoms with Gasteiger partial charge in [-0.3, -0.25) is 14.5 Å². The lowest BCUT2D eigenvalue weighted by Crippen LogP contribution is -2.29. The van der Waals surface area contributed by atoms with Gasteiger partial charge in [0.25, 0.3) is 5.78 Å². The summed E-state index contributed by atoms with van der Waals surface area (Å²) in [6.45, 7) is 5.62. The van der Waals surface area contributed by atoms with E-state index in [1.54, 1.807) is 55.6 Å². The molecule has 228 valence electrons. The van der Waals surface area contributed by atoms with Gasteiger partial charge in [0, 0.05) is 5.56 Å². The van der Waals surface area contributed by atoms with E-state index in [4.69, 9.17) is 28.7 Å². The van der Waals surface area contributed by atoms with E-state index in [0.29, 0.717) is 77.0 Å². The molecule has 2 aliphatic heterocycles. The van der Waals surface area contributed by atoms with Crippen LogP contribution in [0.4, 0.5) is 5.13 Å². The molecule has 2 aliphatic rings. The van der Waals surface area contributed by atoms with Crippen molar-refractivity contribution >= 4 is 44.1 Å². The van der Waals surface area contributed by atoms with Crippen molar-refractivity contribution in [1.82, 2.24) is 4.98 Å². The highest BCUT2D eigenvalue weighted by Gasteiger charge is 2.48. The largest absolute Gasteiger partial charge is 0.507 e. The van der Waals surface area contributed by atoms with Gasteiger partial charge in [-0.2, -0.15) is 0 Å². The Labute approximate surface area is 258 Å². The monoisotopic (exact) mass is 616 g/mol. The smallest absolute Gasteiger partial charge is 0.301 e. The molecule has 0 spiro atoms. The minimum absolute atomic E-state index is 0.0781. The minimum atomic E-state index is -1.01. The van der Waals surface area contributed by atoms with Gasteiger partial charge in [-0.05, 0) is 67.4 Å². The molecule has 3 aromatic carbocycles. The molecule has 1 N–H and O–H groups in total. The van der Waals surface area contributed by atoms with Crippen LogP contribution in [0.25, 0.3) is 16.0 Å². The number of fused-ring (bicyclic) bond motifs is 2. The Balaban J connectivity index is 1.51. The number of thiazole rings is 1. The minimum Gasteiger partial charge on any atom is -0.507 e. The first-order valence-corrected chi connectivity index (χ1v) is 15.3. The molecular formula is C33H32N2O8S. The van der Waals surface area contributed by atoms with Crippen LogP contribution in [0.5, 0.6) is 28.7 Å². The van der Waals surface area contributed by atoms with Crippen LogP contribution in [0.1, 0.15) is 43.9 Å². The van der Waals surface area contributed by atoms with Crippen molar-refractivity contribution < 1.29 is 38.4 Å². The van der Waals surface area contributed by atoms with E-state index in [1.807, 2.05) is 13.0 Å². The van der Waals surface area contributed by atoms with Crippen molar-refractivity contribution in [1.29, 1.82) is 0 Å². The number of amides is 1. The fourth-order valence-corrected chi connectivity index (χ4v) is 6.24. The van der Waals surface area contributed by atoms with Gasteiger partial charge in [0.05, 0.1) is 42.2 Å². The Morgan fingerprint density at radius 2 is 1.82 bits per heavy atom. The number of aliphatic hydroxyl groups is 1. The fourth-order valence-electron chi connectivity index (χ4n) is 5.22. The SMILES string of the molecule is CCCCOc1ccc([C@@H]2/C(=C(\O)c3ccc4c(c3)OCCO4)C(=O)C(=O)N2c2nc3ccc(OC)cc3s2)cc1OCC. The molecule has 1 atom stereocenters. The molecule has 0 unspecified atom stereocenters. The van der Waals surface area contributed by atoms with E-state index in [-0.39, 0.29) is 11.3 Å². The van der Waals surface area contributed by atoms with Crippen LogP contribution in [0, 0.1) is 0 Å². The second-order valence-electron chi connectivity index (χ2n) is 10.2. The Hall–Kier alpha value is -4.77. The first kappa shape index (κ1) is 29.3. The zero-order valence-electron chi connectivity index (χ0n) is 24.6. The summed E-state index contributed by atoms with van der Waals surface area (Å²) in [5.41, 5.74) is 1.43. The molecule has 44 heavy (non-hydrogen) atoms. The highest BCUT2D eigenvalue weighted by Crippen LogP contribution is 2.46. The van der Waals surface area contributed by atoms with Gasteiger partial charge in [-0.15, -0.1) is 0 Å². The summed E-state index contributed by atoms with van der Waals surface area (Å²) in [7, 11) is 1.57. The number of hydrogen-bond donors (Lipinski definition) is 1. The summed E-state index contributed by atoms with van der Waals surface area (Å²) < 4.78 is 29.4. The maximum atomic E-state index is 13.8. The molecule has 0 saturated carbocycles. The summed E-state index contributed by atoms with van der Waals surface area (Å²) in [5, 5.41) is 12.0. The molecule has 0 bridgehead atoms. The quantitative estimate of drug-likeness (QED) is 0.0951. The van der Waals surface area contributed by atoms with Crippen molar-refractivity contribution in [3.05, 3.63) is 71.3 Å². The highest BCUT2D eigenvalue weighted by atomic mass is 32.1. The summed E-state index contributed by atoms with van der Waals surface area (Å²) in [4.78, 5) is 33.6. The summed E-state index contributed by atoms with van der Waals surface area (Å²) in [5.74, 6) is 0.677. The van der Waals surface area contributed by atoms with Crippen molar-refractivity contribution in [3.63, 3.8) is 0 Å². The standard InChI is InChI=1S/C33H32N2O8S/c1-4-6-13-41-23-11-7-19(16-25(23)40-5-2)29-28(30(36)20-8-12-24-26(17-20)43-15-14-42-24)31(37)32(38)35(29)33-34-22-10-9-21(39-3)18-27(22)44-33/h7-12,16-18,29,36H,4-6,13-15H2,1-3H3/b30-28+/t29-/m1/s1. The fraction of sp³-hybridized carbons (Fsp3) is 0.303. The molecule has 11 heteroatoms. The number of hydrogen-bond acceptors (Lipinski definition) is 10. The number of nitrogens with zero attached hydrogens (tertiary/aromatic N) is 2. The molecule has 1 amide bonds. The van der Waals surface area contributed by atoms with E-state index < -0.39 is 17.7 Å². The Bertz CT molecular complexity index is 1760. The molecule has 1 saturated heterocycles. The Morgan fingerprint density at radius 1 is 1.00 bits per heavy atom. The Morgan fingerprint density at radius 3 is 2.59 bits per heavy atom. The average Bonchev–Trinajstić information content (AvgIpc) is 3.58. The van der Waals surface area contributed by atoms with Crippen molar-refractivity contribution in [3.8, 4) is 28.7 Å². The number of aromatic nitrogens is 1. The van der Waals surface area contributed by atoms with Crippen LogP contribution in [0.3, 0.4) is 0 Å². The summed E-state index contributed by atoms with van der Waals surface area (Å²) in [6.07, 6.45) is 1.86. The van der Waals surface area contributed by atoms with Gasteiger partial charge in [0.2, 0.25) is 0 Å². The van der Waals surface area contributed by atoms with E-state index in [1.165, 1.54) is 16.2 Å². The number of Topliss-reactive ketones (excluding diaryl/α,β-unsaturated/α-hetero) is 1. The molecule has 0 radical (unpaired) electrons. The van der Waals surface area contributed by atoms with Crippen LogP contribution in [0.2, 0.25) is 0 Å². The van der Waals surface area contributed by atoms with Gasteiger partial charge in [-0.25, -0.2) is 4.98 Å². The maximum absolute atomic E-state index is 13.8. The summed E-state index contributed by atoms with van der Waals surface area (Å²) >= 11 is 1.25. The third-order valence-electron chi connectivity index (χ3n) is 7.39. The zero-order valence-corrected chi connectivity index (χ0v) is 25.4. The number of aliphatic hydroxyl groups excluding tert-OH is 1. The maximum Gasteiger partial charge on any atom is 0.301 e. The predicted molar refractivity (Wildman–Crippen MR) is 166 cm³/mol. The molecule has 4 aromatic rings. The highest BCUT2D eigenvalue weighted by molar-refractivity contribution is 7.22. The van der Waals surface area contributed by atoms with Crippen LogP contribution < -0.4 is 28.6 Å². The number of carbonyl (C=O) groups is 2. The third-order valence-corrected chi connectivity index (χ3v) is 8.41. The van der Waals surface area contributed by atoms with Gasteiger partial charge in [0.15, 0.2) is 28.1 Å². The van der Waals surface area contributed by atoms with E-state index >= 15 is 0 Å². The number of unbranched alkanes of at least 4 members (excludes halogenated alkanes) is 1. The summed E-state index contributed by atoms with van der Waals surface area (Å²) in [6, 6.07) is 14.6. The molecule has 3 heterocycles. The predicted octanol–water partition coefficient (Wildman–Crippen LogP) is 6.28. The first-order valence-electron chi connectivity index (χ1n) is 14.5. The third kappa shape index (κ3) is 5.39. The molecular weight excluding hydrogens is 584 g/mol. The first-order chi connectivity index (χ1) is 21.4. The number of carbonyl (C=O) groups excluding carboxylic acids is 2. The van der Waals surface area contributed by atoms with E-state index in [9.17, 15) is 14.7 Å². The molecule has 10 nitrogen and oxygen atoms in total. The zero-order chi connectivity index (χ0) is 30.8. The van der Waals surface area contributed by atoms with Crippen LogP contribution >= 0.6 is 11.3 Å². The number of anilines is 1. The van der Waals surface area contributed by atoms with Crippen molar-refractivity contribution in [2.75, 3.05) is 38.4 Å². The molecule has 0 aliphatic carbocycles.